The standard InChI is InChI=1S/C16H26FN3/c1-4-20-10-9-19(11-13(20)2)12-16(18-3)14-7-5-6-8-15(14)17/h5-8,13,16,18H,4,9-12H2,1-3H3. The summed E-state index contributed by atoms with van der Waals surface area (Å²) in [4.78, 5) is 4.93. The lowest BCUT2D eigenvalue weighted by molar-refractivity contribution is 0.0815. The molecule has 1 heterocycles. The Labute approximate surface area is 121 Å². The Morgan fingerprint density at radius 3 is 2.70 bits per heavy atom. The topological polar surface area (TPSA) is 18.5 Å². The van der Waals surface area contributed by atoms with E-state index in [-0.39, 0.29) is 11.9 Å². The normalized spacial score (nSPS) is 22.9. The van der Waals surface area contributed by atoms with Gasteiger partial charge in [-0.1, -0.05) is 25.1 Å². The number of halogens is 1. The van der Waals surface area contributed by atoms with E-state index in [1.807, 2.05) is 19.2 Å². The van der Waals surface area contributed by atoms with Gasteiger partial charge in [0, 0.05) is 43.8 Å². The van der Waals surface area contributed by atoms with Gasteiger partial charge in [-0.25, -0.2) is 4.39 Å². The zero-order valence-corrected chi connectivity index (χ0v) is 12.8. The Morgan fingerprint density at radius 1 is 1.35 bits per heavy atom. The summed E-state index contributed by atoms with van der Waals surface area (Å²) < 4.78 is 13.9. The van der Waals surface area contributed by atoms with Crippen molar-refractivity contribution in [2.45, 2.75) is 25.9 Å². The number of hydrogen-bond donors (Lipinski definition) is 1. The Bertz CT molecular complexity index is 424. The third-order valence-corrected chi connectivity index (χ3v) is 4.33. The fourth-order valence-corrected chi connectivity index (χ4v) is 3.07. The first-order valence-electron chi connectivity index (χ1n) is 7.53. The third kappa shape index (κ3) is 3.57. The van der Waals surface area contributed by atoms with E-state index in [0.717, 1.165) is 38.3 Å². The monoisotopic (exact) mass is 279 g/mol. The molecule has 0 spiro atoms. The maximum absolute atomic E-state index is 13.9. The van der Waals surface area contributed by atoms with Gasteiger partial charge in [0.25, 0.3) is 0 Å². The molecule has 3 nitrogen and oxygen atoms in total. The molecule has 0 bridgehead atoms. The van der Waals surface area contributed by atoms with Crippen molar-refractivity contribution in [3.8, 4) is 0 Å². The average Bonchev–Trinajstić information content (AvgIpc) is 2.46. The molecule has 20 heavy (non-hydrogen) atoms. The summed E-state index contributed by atoms with van der Waals surface area (Å²) in [6, 6.07) is 7.69. The van der Waals surface area contributed by atoms with Crippen LogP contribution in [-0.4, -0.2) is 55.6 Å². The van der Waals surface area contributed by atoms with E-state index < -0.39 is 0 Å². The molecular weight excluding hydrogens is 253 g/mol. The highest BCUT2D eigenvalue weighted by Gasteiger charge is 2.25. The van der Waals surface area contributed by atoms with E-state index in [1.165, 1.54) is 6.07 Å². The maximum atomic E-state index is 13.9. The summed E-state index contributed by atoms with van der Waals surface area (Å²) in [6.45, 7) is 9.67. The molecule has 1 aromatic carbocycles. The van der Waals surface area contributed by atoms with E-state index in [4.69, 9.17) is 0 Å². The van der Waals surface area contributed by atoms with Crippen LogP contribution in [0.1, 0.15) is 25.5 Å². The van der Waals surface area contributed by atoms with Gasteiger partial charge < -0.3 is 5.32 Å². The van der Waals surface area contributed by atoms with Crippen molar-refractivity contribution in [3.05, 3.63) is 35.6 Å². The predicted molar refractivity (Wildman–Crippen MR) is 81.3 cm³/mol. The molecule has 2 rings (SSSR count). The summed E-state index contributed by atoms with van der Waals surface area (Å²) in [5, 5.41) is 3.25. The highest BCUT2D eigenvalue weighted by Crippen LogP contribution is 2.19. The fraction of sp³-hybridized carbons (Fsp3) is 0.625. The van der Waals surface area contributed by atoms with Gasteiger partial charge in [0.05, 0.1) is 0 Å². The van der Waals surface area contributed by atoms with Crippen molar-refractivity contribution in [2.75, 3.05) is 39.8 Å². The van der Waals surface area contributed by atoms with Gasteiger partial charge in [-0.05, 0) is 26.6 Å². The minimum Gasteiger partial charge on any atom is -0.312 e. The van der Waals surface area contributed by atoms with Crippen LogP contribution in [-0.2, 0) is 0 Å². The molecule has 1 saturated heterocycles. The second-order valence-electron chi connectivity index (χ2n) is 5.60. The average molecular weight is 279 g/mol. The van der Waals surface area contributed by atoms with Gasteiger partial charge in [0.15, 0.2) is 0 Å². The molecule has 1 aliphatic heterocycles. The minimum atomic E-state index is -0.118. The number of rotatable bonds is 5. The maximum Gasteiger partial charge on any atom is 0.128 e. The van der Waals surface area contributed by atoms with E-state index in [2.05, 4.69) is 29.0 Å². The first kappa shape index (κ1) is 15.4. The third-order valence-electron chi connectivity index (χ3n) is 4.33. The highest BCUT2D eigenvalue weighted by molar-refractivity contribution is 5.21. The first-order chi connectivity index (χ1) is 9.65. The summed E-state index contributed by atoms with van der Waals surface area (Å²) in [7, 11) is 1.91. The van der Waals surface area contributed by atoms with Crippen LogP contribution in [0.2, 0.25) is 0 Å². The van der Waals surface area contributed by atoms with Crippen LogP contribution >= 0.6 is 0 Å². The second-order valence-corrected chi connectivity index (χ2v) is 5.60. The molecule has 2 unspecified atom stereocenters. The number of piperazine rings is 1. The summed E-state index contributed by atoms with van der Waals surface area (Å²) in [5.41, 5.74) is 0.764. The van der Waals surface area contributed by atoms with Crippen LogP contribution in [0.4, 0.5) is 4.39 Å². The molecule has 0 saturated carbocycles. The quantitative estimate of drug-likeness (QED) is 0.890. The van der Waals surface area contributed by atoms with Crippen LogP contribution in [0.5, 0.6) is 0 Å². The van der Waals surface area contributed by atoms with E-state index >= 15 is 0 Å². The molecule has 0 aliphatic carbocycles. The van der Waals surface area contributed by atoms with Crippen molar-refractivity contribution >= 4 is 0 Å². The lowest BCUT2D eigenvalue weighted by Crippen LogP contribution is -2.53. The Morgan fingerprint density at radius 2 is 2.10 bits per heavy atom. The predicted octanol–water partition coefficient (Wildman–Crippen LogP) is 2.11. The van der Waals surface area contributed by atoms with Crippen molar-refractivity contribution in [3.63, 3.8) is 0 Å². The molecule has 0 aromatic heterocycles. The molecule has 112 valence electrons. The molecule has 0 radical (unpaired) electrons. The zero-order valence-electron chi connectivity index (χ0n) is 12.8. The van der Waals surface area contributed by atoms with Gasteiger partial charge in [0.1, 0.15) is 5.82 Å². The number of hydrogen-bond acceptors (Lipinski definition) is 3. The first-order valence-corrected chi connectivity index (χ1v) is 7.53. The van der Waals surface area contributed by atoms with Crippen LogP contribution < -0.4 is 5.32 Å². The molecule has 1 fully saturated rings. The molecule has 4 heteroatoms. The van der Waals surface area contributed by atoms with Gasteiger partial charge in [-0.15, -0.1) is 0 Å². The van der Waals surface area contributed by atoms with Crippen LogP contribution in [0, 0.1) is 5.82 Å². The van der Waals surface area contributed by atoms with Crippen molar-refractivity contribution in [1.82, 2.24) is 15.1 Å². The number of benzene rings is 1. The van der Waals surface area contributed by atoms with Gasteiger partial charge in [0.2, 0.25) is 0 Å². The van der Waals surface area contributed by atoms with Gasteiger partial charge in [-0.2, -0.15) is 0 Å². The van der Waals surface area contributed by atoms with E-state index in [1.54, 1.807) is 6.07 Å². The van der Waals surface area contributed by atoms with Crippen LogP contribution in [0.25, 0.3) is 0 Å². The van der Waals surface area contributed by atoms with Crippen molar-refractivity contribution in [1.29, 1.82) is 0 Å². The number of nitrogens with zero attached hydrogens (tertiary/aromatic N) is 2. The number of nitrogens with one attached hydrogen (secondary N) is 1. The van der Waals surface area contributed by atoms with Gasteiger partial charge in [-0.3, -0.25) is 9.80 Å². The lowest BCUT2D eigenvalue weighted by Gasteiger charge is -2.40. The molecule has 2 atom stereocenters. The summed E-state index contributed by atoms with van der Waals surface area (Å²) in [6.07, 6.45) is 0. The lowest BCUT2D eigenvalue weighted by atomic mass is 10.0. The summed E-state index contributed by atoms with van der Waals surface area (Å²) in [5.74, 6) is -0.118. The van der Waals surface area contributed by atoms with Crippen LogP contribution in [0.3, 0.4) is 0 Å². The SMILES string of the molecule is CCN1CCN(CC(NC)c2ccccc2F)CC1C. The Kier molecular flexibility index (Phi) is 5.52. The van der Waals surface area contributed by atoms with Crippen LogP contribution in [0.15, 0.2) is 24.3 Å². The van der Waals surface area contributed by atoms with Gasteiger partial charge >= 0.3 is 0 Å². The molecule has 1 N–H and O–H groups in total. The van der Waals surface area contributed by atoms with Crippen molar-refractivity contribution < 1.29 is 4.39 Å². The van der Waals surface area contributed by atoms with Crippen molar-refractivity contribution in [2.24, 2.45) is 0 Å². The number of likely N-dealkylation sites (N-methyl/N-ethyl adjacent to an activating group) is 2. The fourth-order valence-electron chi connectivity index (χ4n) is 3.07. The molecule has 1 aromatic rings. The zero-order chi connectivity index (χ0) is 14.5. The second kappa shape index (κ2) is 7.16. The highest BCUT2D eigenvalue weighted by atomic mass is 19.1. The molecule has 1 aliphatic rings. The largest absolute Gasteiger partial charge is 0.312 e. The smallest absolute Gasteiger partial charge is 0.128 e. The summed E-state index contributed by atoms with van der Waals surface area (Å²) >= 11 is 0. The van der Waals surface area contributed by atoms with E-state index in [0.29, 0.717) is 6.04 Å². The Balaban J connectivity index is 1.99. The molecule has 0 amide bonds. The van der Waals surface area contributed by atoms with E-state index in [9.17, 15) is 4.39 Å². The minimum absolute atomic E-state index is 0.0524. The Hall–Kier alpha value is -0.970. The molecular formula is C16H26FN3.